The quantitative estimate of drug-likeness (QED) is 0.788. The fourth-order valence-electron chi connectivity index (χ4n) is 2.20. The highest BCUT2D eigenvalue weighted by Gasteiger charge is 2.13. The second kappa shape index (κ2) is 9.45. The van der Waals surface area contributed by atoms with Crippen molar-refractivity contribution >= 4 is 22.6 Å². The van der Waals surface area contributed by atoms with E-state index in [0.29, 0.717) is 5.56 Å². The molecule has 128 valence electrons. The number of carbonyl (C=O) groups is 2. The molecule has 1 atom stereocenters. The van der Waals surface area contributed by atoms with Gasteiger partial charge in [-0.3, -0.25) is 13.8 Å². The third-order valence-corrected chi connectivity index (χ3v) is 4.79. The Bertz CT molecular complexity index is 569. The third kappa shape index (κ3) is 6.52. The smallest absolute Gasteiger partial charge is 0.253 e. The molecule has 0 aliphatic heterocycles. The topological polar surface area (TPSA) is 66.5 Å². The van der Waals surface area contributed by atoms with Gasteiger partial charge in [-0.15, -0.1) is 0 Å². The number of hydrogen-bond acceptors (Lipinski definition) is 3. The largest absolute Gasteiger partial charge is 0.353 e. The molecule has 0 aliphatic rings. The number of amides is 2. The SMILES string of the molecule is CCC(CC)NC(=O)CS(=O)Cc1cccc(C(=O)N(C)C)c1. The Balaban J connectivity index is 2.62. The number of rotatable bonds is 8. The molecule has 0 bridgehead atoms. The van der Waals surface area contributed by atoms with Crippen molar-refractivity contribution in [2.24, 2.45) is 0 Å². The first kappa shape index (κ1) is 19.4. The summed E-state index contributed by atoms with van der Waals surface area (Å²) >= 11 is 0. The van der Waals surface area contributed by atoms with Crippen LogP contribution < -0.4 is 5.32 Å². The Labute approximate surface area is 140 Å². The zero-order valence-electron chi connectivity index (χ0n) is 14.3. The predicted octanol–water partition coefficient (Wildman–Crippen LogP) is 1.94. The second-order valence-electron chi connectivity index (χ2n) is 5.71. The normalized spacial score (nSPS) is 12.0. The van der Waals surface area contributed by atoms with Crippen molar-refractivity contribution < 1.29 is 13.8 Å². The molecule has 0 aliphatic carbocycles. The van der Waals surface area contributed by atoms with Crippen LogP contribution in [0.4, 0.5) is 0 Å². The lowest BCUT2D eigenvalue weighted by Gasteiger charge is -2.14. The summed E-state index contributed by atoms with van der Waals surface area (Å²) in [5, 5.41) is 2.88. The van der Waals surface area contributed by atoms with E-state index in [1.54, 1.807) is 32.3 Å². The molecule has 1 unspecified atom stereocenters. The molecule has 2 amide bonds. The molecule has 0 saturated heterocycles. The van der Waals surface area contributed by atoms with Crippen molar-refractivity contribution in [3.63, 3.8) is 0 Å². The van der Waals surface area contributed by atoms with Crippen molar-refractivity contribution in [2.75, 3.05) is 19.8 Å². The van der Waals surface area contributed by atoms with E-state index >= 15 is 0 Å². The summed E-state index contributed by atoms with van der Waals surface area (Å²) in [6, 6.07) is 7.20. The van der Waals surface area contributed by atoms with Crippen LogP contribution in [0.3, 0.4) is 0 Å². The highest BCUT2D eigenvalue weighted by molar-refractivity contribution is 7.84. The number of nitrogens with zero attached hydrogens (tertiary/aromatic N) is 1. The summed E-state index contributed by atoms with van der Waals surface area (Å²) in [7, 11) is 2.09. The summed E-state index contributed by atoms with van der Waals surface area (Å²) < 4.78 is 12.2. The first-order chi connectivity index (χ1) is 10.9. The lowest BCUT2D eigenvalue weighted by molar-refractivity contribution is -0.119. The number of hydrogen-bond donors (Lipinski definition) is 1. The number of benzene rings is 1. The van der Waals surface area contributed by atoms with Gasteiger partial charge in [-0.2, -0.15) is 0 Å². The number of carbonyl (C=O) groups excluding carboxylic acids is 2. The fourth-order valence-corrected chi connectivity index (χ4v) is 3.23. The van der Waals surface area contributed by atoms with Crippen molar-refractivity contribution in [1.29, 1.82) is 0 Å². The maximum Gasteiger partial charge on any atom is 0.253 e. The van der Waals surface area contributed by atoms with Crippen molar-refractivity contribution in [2.45, 2.75) is 38.5 Å². The molecule has 0 aromatic heterocycles. The molecule has 0 saturated carbocycles. The Morgan fingerprint density at radius 3 is 2.43 bits per heavy atom. The van der Waals surface area contributed by atoms with Crippen LogP contribution in [0.5, 0.6) is 0 Å². The zero-order valence-corrected chi connectivity index (χ0v) is 15.1. The molecule has 1 rings (SSSR count). The Hall–Kier alpha value is -1.69. The van der Waals surface area contributed by atoms with E-state index in [0.717, 1.165) is 18.4 Å². The van der Waals surface area contributed by atoms with Crippen LogP contribution in [0.25, 0.3) is 0 Å². The third-order valence-electron chi connectivity index (χ3n) is 3.55. The highest BCUT2D eigenvalue weighted by atomic mass is 32.2. The fraction of sp³-hybridized carbons (Fsp3) is 0.529. The van der Waals surface area contributed by atoms with Gasteiger partial charge in [-0.05, 0) is 30.5 Å². The minimum atomic E-state index is -1.29. The lowest BCUT2D eigenvalue weighted by Crippen LogP contribution is -2.36. The average molecular weight is 338 g/mol. The average Bonchev–Trinajstić information content (AvgIpc) is 2.51. The van der Waals surface area contributed by atoms with Crippen LogP contribution in [-0.4, -0.2) is 46.8 Å². The molecule has 1 aromatic rings. The van der Waals surface area contributed by atoms with Crippen LogP contribution in [0.1, 0.15) is 42.6 Å². The molecule has 6 heteroatoms. The van der Waals surface area contributed by atoms with E-state index in [4.69, 9.17) is 0 Å². The first-order valence-corrected chi connectivity index (χ1v) is 9.31. The van der Waals surface area contributed by atoms with Crippen LogP contribution in [0.2, 0.25) is 0 Å². The molecule has 1 aromatic carbocycles. The maximum atomic E-state index is 12.2. The Kier molecular flexibility index (Phi) is 7.95. The molecule has 0 fully saturated rings. The maximum absolute atomic E-state index is 12.2. The van der Waals surface area contributed by atoms with Crippen LogP contribution in [0, 0.1) is 0 Å². The van der Waals surface area contributed by atoms with E-state index in [2.05, 4.69) is 5.32 Å². The van der Waals surface area contributed by atoms with Gasteiger partial charge < -0.3 is 10.2 Å². The Morgan fingerprint density at radius 2 is 1.87 bits per heavy atom. The summed E-state index contributed by atoms with van der Waals surface area (Å²) in [4.78, 5) is 25.3. The van der Waals surface area contributed by atoms with Gasteiger partial charge in [0.25, 0.3) is 5.91 Å². The molecule has 0 spiro atoms. The second-order valence-corrected chi connectivity index (χ2v) is 7.17. The van der Waals surface area contributed by atoms with Crippen molar-refractivity contribution in [3.05, 3.63) is 35.4 Å². The highest BCUT2D eigenvalue weighted by Crippen LogP contribution is 2.10. The first-order valence-electron chi connectivity index (χ1n) is 7.82. The molecule has 0 heterocycles. The van der Waals surface area contributed by atoms with Crippen LogP contribution in [-0.2, 0) is 21.3 Å². The summed E-state index contributed by atoms with van der Waals surface area (Å²) in [6.45, 7) is 4.03. The molecule has 23 heavy (non-hydrogen) atoms. The van der Waals surface area contributed by atoms with Crippen LogP contribution >= 0.6 is 0 Å². The molecule has 1 N–H and O–H groups in total. The minimum absolute atomic E-state index is 0.0116. The summed E-state index contributed by atoms with van der Waals surface area (Å²) in [5.74, 6) is -0.0191. The van der Waals surface area contributed by atoms with Crippen molar-refractivity contribution in [3.8, 4) is 0 Å². The van der Waals surface area contributed by atoms with Crippen LogP contribution in [0.15, 0.2) is 24.3 Å². The molecule has 5 nitrogen and oxygen atoms in total. The van der Waals surface area contributed by atoms with E-state index in [1.807, 2.05) is 19.9 Å². The minimum Gasteiger partial charge on any atom is -0.353 e. The monoisotopic (exact) mass is 338 g/mol. The molecule has 0 radical (unpaired) electrons. The van der Waals surface area contributed by atoms with Crippen molar-refractivity contribution in [1.82, 2.24) is 10.2 Å². The predicted molar refractivity (Wildman–Crippen MR) is 93.7 cm³/mol. The van der Waals surface area contributed by atoms with E-state index in [9.17, 15) is 13.8 Å². The van der Waals surface area contributed by atoms with Gasteiger partial charge >= 0.3 is 0 Å². The molecular formula is C17H26N2O3S. The van der Waals surface area contributed by atoms with Gasteiger partial charge in [0.1, 0.15) is 5.75 Å². The van der Waals surface area contributed by atoms with Gasteiger partial charge in [0, 0.05) is 42.3 Å². The standard InChI is InChI=1S/C17H26N2O3S/c1-5-15(6-2)18-16(20)12-23(22)11-13-8-7-9-14(10-13)17(21)19(3)4/h7-10,15H,5-6,11-12H2,1-4H3,(H,18,20). The summed E-state index contributed by atoms with van der Waals surface area (Å²) in [6.07, 6.45) is 1.73. The number of nitrogens with one attached hydrogen (secondary N) is 1. The van der Waals surface area contributed by atoms with Gasteiger partial charge in [-0.25, -0.2) is 0 Å². The molecular weight excluding hydrogens is 312 g/mol. The van der Waals surface area contributed by atoms with E-state index < -0.39 is 10.8 Å². The Morgan fingerprint density at radius 1 is 1.22 bits per heavy atom. The lowest BCUT2D eigenvalue weighted by atomic mass is 10.1. The summed E-state index contributed by atoms with van der Waals surface area (Å²) in [5.41, 5.74) is 1.36. The van der Waals surface area contributed by atoms with Gasteiger partial charge in [0.05, 0.1) is 0 Å². The van der Waals surface area contributed by atoms with E-state index in [-0.39, 0.29) is 29.4 Å². The zero-order chi connectivity index (χ0) is 17.4. The van der Waals surface area contributed by atoms with Gasteiger partial charge in [0.2, 0.25) is 5.91 Å². The van der Waals surface area contributed by atoms with Gasteiger partial charge in [-0.1, -0.05) is 26.0 Å². The van der Waals surface area contributed by atoms with E-state index in [1.165, 1.54) is 4.90 Å². The van der Waals surface area contributed by atoms with Gasteiger partial charge in [0.15, 0.2) is 0 Å².